The summed E-state index contributed by atoms with van der Waals surface area (Å²) >= 11 is 0. The van der Waals surface area contributed by atoms with E-state index in [4.69, 9.17) is 9.47 Å². The van der Waals surface area contributed by atoms with Crippen LogP contribution in [0.5, 0.6) is 0 Å². The van der Waals surface area contributed by atoms with Gasteiger partial charge < -0.3 is 14.6 Å². The molecule has 0 saturated carbocycles. The van der Waals surface area contributed by atoms with Crippen molar-refractivity contribution in [3.8, 4) is 0 Å². The van der Waals surface area contributed by atoms with Crippen molar-refractivity contribution in [3.63, 3.8) is 0 Å². The third-order valence-electron chi connectivity index (χ3n) is 7.49. The van der Waals surface area contributed by atoms with Gasteiger partial charge in [0.2, 0.25) is 0 Å². The second-order valence-electron chi connectivity index (χ2n) is 10.7. The summed E-state index contributed by atoms with van der Waals surface area (Å²) in [4.78, 5) is 0. The fourth-order valence-electron chi connectivity index (χ4n) is 5.30. The van der Waals surface area contributed by atoms with E-state index in [-0.39, 0.29) is 13.2 Å². The molecular formula is C36H50O3. The Morgan fingerprint density at radius 2 is 0.923 bits per heavy atom. The Morgan fingerprint density at radius 3 is 1.33 bits per heavy atom. The van der Waals surface area contributed by atoms with E-state index in [0.29, 0.717) is 6.61 Å². The van der Waals surface area contributed by atoms with Gasteiger partial charge >= 0.3 is 0 Å². The monoisotopic (exact) mass is 530 g/mol. The summed E-state index contributed by atoms with van der Waals surface area (Å²) in [6.45, 7) is 3.43. The Balaban J connectivity index is 1.42. The molecule has 39 heavy (non-hydrogen) atoms. The van der Waals surface area contributed by atoms with E-state index < -0.39 is 11.7 Å². The highest BCUT2D eigenvalue weighted by Crippen LogP contribution is 2.40. The summed E-state index contributed by atoms with van der Waals surface area (Å²) in [6.07, 6.45) is 15.2. The largest absolute Gasteiger partial charge is 0.388 e. The van der Waals surface area contributed by atoms with Crippen molar-refractivity contribution < 1.29 is 14.6 Å². The molecule has 0 aliphatic heterocycles. The Bertz CT molecular complexity index is 877. The van der Waals surface area contributed by atoms with E-state index in [1.165, 1.54) is 70.6 Å². The van der Waals surface area contributed by atoms with E-state index in [2.05, 4.69) is 43.3 Å². The average molecular weight is 531 g/mol. The fraction of sp³-hybridized carbons (Fsp3) is 0.500. The highest BCUT2D eigenvalue weighted by atomic mass is 16.5. The van der Waals surface area contributed by atoms with E-state index in [1.54, 1.807) is 0 Å². The first-order valence-electron chi connectivity index (χ1n) is 15.3. The molecule has 0 amide bonds. The minimum absolute atomic E-state index is 0.178. The molecule has 3 aromatic rings. The van der Waals surface area contributed by atoms with Gasteiger partial charge in [-0.2, -0.15) is 0 Å². The summed E-state index contributed by atoms with van der Waals surface area (Å²) < 4.78 is 12.5. The minimum Gasteiger partial charge on any atom is -0.388 e. The lowest BCUT2D eigenvalue weighted by Gasteiger charge is -2.36. The molecule has 3 rings (SSSR count). The van der Waals surface area contributed by atoms with Crippen LogP contribution in [0, 0.1) is 0 Å². The zero-order chi connectivity index (χ0) is 27.4. The second-order valence-corrected chi connectivity index (χ2v) is 10.7. The van der Waals surface area contributed by atoms with Crippen molar-refractivity contribution in [2.75, 3.05) is 19.8 Å². The maximum absolute atomic E-state index is 10.8. The molecule has 1 unspecified atom stereocenters. The summed E-state index contributed by atoms with van der Waals surface area (Å²) in [7, 11) is 0. The molecule has 0 radical (unpaired) electrons. The quantitative estimate of drug-likeness (QED) is 0.110. The molecule has 0 aliphatic carbocycles. The van der Waals surface area contributed by atoms with Gasteiger partial charge in [-0.05, 0) is 23.1 Å². The van der Waals surface area contributed by atoms with Gasteiger partial charge in [0.1, 0.15) is 11.7 Å². The highest BCUT2D eigenvalue weighted by Gasteiger charge is 2.38. The molecule has 0 aromatic heterocycles. The molecule has 0 aliphatic rings. The molecule has 3 nitrogen and oxygen atoms in total. The Hall–Kier alpha value is -2.46. The van der Waals surface area contributed by atoms with Crippen molar-refractivity contribution in [3.05, 3.63) is 108 Å². The lowest BCUT2D eigenvalue weighted by atomic mass is 9.80. The van der Waals surface area contributed by atoms with Crippen LogP contribution < -0.4 is 0 Å². The summed E-state index contributed by atoms with van der Waals surface area (Å²) in [5.41, 5.74) is 2.28. The standard InChI is InChI=1S/C36H50O3/c1-2-3-4-5-6-7-8-9-10-11-12-22-29-38-30-35(37)31-39-36(32-23-16-13-17-24-32,33-25-18-14-19-26-33)34-27-20-15-21-28-34/h13-21,23-28,35,37H,2-12,22,29-31H2,1H3. The van der Waals surface area contributed by atoms with Crippen LogP contribution in [0.4, 0.5) is 0 Å². The van der Waals surface area contributed by atoms with Crippen LogP contribution in [0.25, 0.3) is 0 Å². The first-order valence-corrected chi connectivity index (χ1v) is 15.3. The average Bonchev–Trinajstić information content (AvgIpc) is 2.99. The van der Waals surface area contributed by atoms with Gasteiger partial charge in [-0.3, -0.25) is 0 Å². The van der Waals surface area contributed by atoms with Crippen LogP contribution >= 0.6 is 0 Å². The number of ether oxygens (including phenoxy) is 2. The molecule has 3 aromatic carbocycles. The number of unbranched alkanes of at least 4 members (excludes halogenated alkanes) is 11. The van der Waals surface area contributed by atoms with Crippen molar-refractivity contribution in [1.29, 1.82) is 0 Å². The van der Waals surface area contributed by atoms with Crippen molar-refractivity contribution in [1.82, 2.24) is 0 Å². The van der Waals surface area contributed by atoms with E-state index in [1.807, 2.05) is 54.6 Å². The molecule has 0 heterocycles. The van der Waals surface area contributed by atoms with Gasteiger partial charge in [0.05, 0.1) is 13.2 Å². The molecule has 0 fully saturated rings. The lowest BCUT2D eigenvalue weighted by molar-refractivity contribution is -0.0641. The van der Waals surface area contributed by atoms with Gasteiger partial charge in [0.25, 0.3) is 0 Å². The normalized spacial score (nSPS) is 12.5. The number of aliphatic hydroxyl groups excluding tert-OH is 1. The van der Waals surface area contributed by atoms with Crippen LogP contribution in [0.3, 0.4) is 0 Å². The molecule has 3 heteroatoms. The van der Waals surface area contributed by atoms with E-state index in [0.717, 1.165) is 23.1 Å². The topological polar surface area (TPSA) is 38.7 Å². The number of aliphatic hydroxyl groups is 1. The van der Waals surface area contributed by atoms with Crippen molar-refractivity contribution in [2.24, 2.45) is 0 Å². The molecule has 0 saturated heterocycles. The molecule has 1 atom stereocenters. The van der Waals surface area contributed by atoms with Crippen LogP contribution in [-0.4, -0.2) is 31.0 Å². The van der Waals surface area contributed by atoms with Gasteiger partial charge in [-0.1, -0.05) is 169 Å². The van der Waals surface area contributed by atoms with Crippen LogP contribution in [0.1, 0.15) is 101 Å². The van der Waals surface area contributed by atoms with Gasteiger partial charge in [-0.15, -0.1) is 0 Å². The van der Waals surface area contributed by atoms with E-state index >= 15 is 0 Å². The summed E-state index contributed by atoms with van der Waals surface area (Å²) in [5, 5.41) is 10.8. The predicted molar refractivity (Wildman–Crippen MR) is 163 cm³/mol. The van der Waals surface area contributed by atoms with Crippen LogP contribution in [0.2, 0.25) is 0 Å². The summed E-state index contributed by atoms with van der Waals surface area (Å²) in [5.74, 6) is 0. The van der Waals surface area contributed by atoms with Gasteiger partial charge in [0, 0.05) is 6.61 Å². The number of benzene rings is 3. The fourth-order valence-corrected chi connectivity index (χ4v) is 5.30. The third kappa shape index (κ3) is 10.6. The smallest absolute Gasteiger partial charge is 0.143 e. The third-order valence-corrected chi connectivity index (χ3v) is 7.49. The SMILES string of the molecule is CCCCCCCCCCCCCCOCC(O)COC(c1ccccc1)(c1ccccc1)c1ccccc1. The second kappa shape index (κ2) is 18.8. The minimum atomic E-state index is -0.819. The van der Waals surface area contributed by atoms with Crippen molar-refractivity contribution in [2.45, 2.75) is 95.7 Å². The lowest BCUT2D eigenvalue weighted by Crippen LogP contribution is -2.36. The predicted octanol–water partition coefficient (Wildman–Crippen LogP) is 9.07. The number of hydrogen-bond donors (Lipinski definition) is 1. The number of hydrogen-bond acceptors (Lipinski definition) is 3. The van der Waals surface area contributed by atoms with E-state index in [9.17, 15) is 5.11 Å². The maximum atomic E-state index is 10.8. The van der Waals surface area contributed by atoms with Gasteiger partial charge in [-0.25, -0.2) is 0 Å². The molecular weight excluding hydrogens is 480 g/mol. The van der Waals surface area contributed by atoms with Gasteiger partial charge in [0.15, 0.2) is 0 Å². The Kier molecular flexibility index (Phi) is 14.9. The summed E-state index contributed by atoms with van der Waals surface area (Å²) in [6, 6.07) is 30.8. The molecule has 212 valence electrons. The van der Waals surface area contributed by atoms with Crippen molar-refractivity contribution >= 4 is 0 Å². The maximum Gasteiger partial charge on any atom is 0.143 e. The molecule has 1 N–H and O–H groups in total. The van der Waals surface area contributed by atoms with Crippen LogP contribution in [-0.2, 0) is 15.1 Å². The first-order chi connectivity index (χ1) is 19.3. The zero-order valence-corrected chi connectivity index (χ0v) is 24.1. The molecule has 0 spiro atoms. The first kappa shape index (κ1) is 31.1. The highest BCUT2D eigenvalue weighted by molar-refractivity contribution is 5.47. The zero-order valence-electron chi connectivity index (χ0n) is 24.1. The van der Waals surface area contributed by atoms with Crippen LogP contribution in [0.15, 0.2) is 91.0 Å². The number of rotatable bonds is 21. The Labute approximate surface area is 237 Å². The Morgan fingerprint density at radius 1 is 0.538 bits per heavy atom. The molecule has 0 bridgehead atoms.